The van der Waals surface area contributed by atoms with Crippen molar-refractivity contribution in [3.8, 4) is 0 Å². The highest BCUT2D eigenvalue weighted by Gasteiger charge is 2.20. The summed E-state index contributed by atoms with van der Waals surface area (Å²) in [5.41, 5.74) is 3.73. The lowest BCUT2D eigenvalue weighted by molar-refractivity contribution is 0.252. The molecule has 0 spiro atoms. The van der Waals surface area contributed by atoms with Crippen LogP contribution in [0.25, 0.3) is 0 Å². The molecule has 4 nitrogen and oxygen atoms in total. The summed E-state index contributed by atoms with van der Waals surface area (Å²) in [5, 5.41) is 6.07. The third kappa shape index (κ3) is 3.03. The Bertz CT molecular complexity index is 702. The molecule has 0 radical (unpaired) electrons. The van der Waals surface area contributed by atoms with Crippen LogP contribution in [0.15, 0.2) is 42.5 Å². The molecule has 0 aromatic heterocycles. The van der Waals surface area contributed by atoms with E-state index in [0.29, 0.717) is 19.6 Å². The molecule has 114 valence electrons. The van der Waals surface area contributed by atoms with Gasteiger partial charge in [0, 0.05) is 31.0 Å². The third-order valence-corrected chi connectivity index (χ3v) is 3.81. The highest BCUT2D eigenvalue weighted by molar-refractivity contribution is 5.94. The van der Waals surface area contributed by atoms with Crippen LogP contribution >= 0.6 is 0 Å². The first kappa shape index (κ1) is 14.4. The van der Waals surface area contributed by atoms with E-state index in [9.17, 15) is 9.18 Å². The summed E-state index contributed by atoms with van der Waals surface area (Å²) in [6.45, 7) is 3.84. The first-order chi connectivity index (χ1) is 10.6. The maximum absolute atomic E-state index is 13.3. The number of hydrogen-bond acceptors (Lipinski definition) is 2. The van der Waals surface area contributed by atoms with Crippen molar-refractivity contribution in [3.05, 3.63) is 59.4 Å². The second kappa shape index (κ2) is 6.05. The highest BCUT2D eigenvalue weighted by Crippen LogP contribution is 2.22. The van der Waals surface area contributed by atoms with Gasteiger partial charge in [-0.05, 0) is 48.4 Å². The molecule has 2 aromatic carbocycles. The van der Waals surface area contributed by atoms with Crippen LogP contribution in [0.1, 0.15) is 11.1 Å². The van der Waals surface area contributed by atoms with Crippen LogP contribution in [0.4, 0.5) is 20.6 Å². The fraction of sp³-hybridized carbons (Fsp3) is 0.235. The van der Waals surface area contributed by atoms with Crippen molar-refractivity contribution in [2.24, 2.45) is 0 Å². The molecule has 1 aliphatic heterocycles. The van der Waals surface area contributed by atoms with E-state index < -0.39 is 0 Å². The number of amides is 2. The number of nitrogens with one attached hydrogen (secondary N) is 2. The van der Waals surface area contributed by atoms with Crippen LogP contribution in [0.5, 0.6) is 0 Å². The van der Waals surface area contributed by atoms with E-state index >= 15 is 0 Å². The molecule has 2 aromatic rings. The van der Waals surface area contributed by atoms with Gasteiger partial charge in [0.1, 0.15) is 5.82 Å². The number of rotatable bonds is 4. The molecule has 1 heterocycles. The number of nitrogens with zero attached hydrogens (tertiary/aromatic N) is 1. The molecule has 2 amide bonds. The maximum Gasteiger partial charge on any atom is 0.321 e. The number of aryl methyl sites for hydroxylation is 1. The Morgan fingerprint density at radius 2 is 2.14 bits per heavy atom. The van der Waals surface area contributed by atoms with Gasteiger partial charge in [0.25, 0.3) is 0 Å². The molecule has 0 atom stereocenters. The van der Waals surface area contributed by atoms with Gasteiger partial charge in [-0.15, -0.1) is 0 Å². The van der Waals surface area contributed by atoms with E-state index in [2.05, 4.69) is 10.6 Å². The number of anilines is 2. The Kier molecular flexibility index (Phi) is 3.96. The van der Waals surface area contributed by atoms with Gasteiger partial charge in [-0.1, -0.05) is 12.1 Å². The number of carbonyl (C=O) groups excluding carboxylic acids is 1. The zero-order chi connectivity index (χ0) is 15.5. The monoisotopic (exact) mass is 299 g/mol. The van der Waals surface area contributed by atoms with Crippen molar-refractivity contribution in [1.29, 1.82) is 0 Å². The van der Waals surface area contributed by atoms with Crippen molar-refractivity contribution < 1.29 is 9.18 Å². The van der Waals surface area contributed by atoms with E-state index in [0.717, 1.165) is 22.5 Å². The van der Waals surface area contributed by atoms with Gasteiger partial charge in [-0.3, -0.25) is 4.90 Å². The average molecular weight is 299 g/mol. The number of urea groups is 1. The predicted octanol–water partition coefficient (Wildman–Crippen LogP) is 3.28. The number of benzene rings is 2. The van der Waals surface area contributed by atoms with Crippen LogP contribution in [0.3, 0.4) is 0 Å². The molecule has 5 heteroatoms. The molecule has 22 heavy (non-hydrogen) atoms. The maximum atomic E-state index is 13.3. The van der Waals surface area contributed by atoms with Crippen molar-refractivity contribution in [2.45, 2.75) is 13.5 Å². The van der Waals surface area contributed by atoms with Gasteiger partial charge in [0.05, 0.1) is 0 Å². The Morgan fingerprint density at radius 3 is 2.91 bits per heavy atom. The summed E-state index contributed by atoms with van der Waals surface area (Å²) in [7, 11) is 0. The fourth-order valence-electron chi connectivity index (χ4n) is 2.53. The molecule has 0 aliphatic carbocycles. The molecule has 1 fully saturated rings. The Labute approximate surface area is 128 Å². The van der Waals surface area contributed by atoms with Gasteiger partial charge < -0.3 is 10.6 Å². The molecule has 0 saturated carbocycles. The van der Waals surface area contributed by atoms with E-state index in [1.807, 2.05) is 31.2 Å². The summed E-state index contributed by atoms with van der Waals surface area (Å²) in [6, 6.07) is 12.4. The van der Waals surface area contributed by atoms with Gasteiger partial charge in [-0.25, -0.2) is 9.18 Å². The van der Waals surface area contributed by atoms with Crippen LogP contribution in [0, 0.1) is 12.7 Å². The Hall–Kier alpha value is -2.56. The molecule has 2 N–H and O–H groups in total. The molecule has 1 saturated heterocycles. The lowest BCUT2D eigenvalue weighted by Gasteiger charge is -2.16. The quantitative estimate of drug-likeness (QED) is 0.910. The van der Waals surface area contributed by atoms with Crippen LogP contribution < -0.4 is 15.5 Å². The Balaban J connectivity index is 1.73. The second-order valence-electron chi connectivity index (χ2n) is 5.36. The van der Waals surface area contributed by atoms with E-state index in [4.69, 9.17) is 0 Å². The highest BCUT2D eigenvalue weighted by atomic mass is 19.1. The Morgan fingerprint density at radius 1 is 1.27 bits per heavy atom. The lowest BCUT2D eigenvalue weighted by Crippen LogP contribution is -2.27. The lowest BCUT2D eigenvalue weighted by atomic mass is 10.1. The molecule has 1 aliphatic rings. The summed E-state index contributed by atoms with van der Waals surface area (Å²) in [5.74, 6) is -0.232. The number of carbonyl (C=O) groups is 1. The SMILES string of the molecule is Cc1ccc(F)cc1CNc1cccc(N2CCNC2=O)c1. The predicted molar refractivity (Wildman–Crippen MR) is 85.7 cm³/mol. The van der Waals surface area contributed by atoms with Gasteiger partial charge >= 0.3 is 6.03 Å². The van der Waals surface area contributed by atoms with Crippen molar-refractivity contribution in [3.63, 3.8) is 0 Å². The van der Waals surface area contributed by atoms with Crippen molar-refractivity contribution >= 4 is 17.4 Å². The summed E-state index contributed by atoms with van der Waals surface area (Å²) >= 11 is 0. The minimum Gasteiger partial charge on any atom is -0.381 e. The van der Waals surface area contributed by atoms with Crippen LogP contribution in [-0.2, 0) is 6.54 Å². The normalized spacial score (nSPS) is 14.1. The van der Waals surface area contributed by atoms with Gasteiger partial charge in [0.2, 0.25) is 0 Å². The number of hydrogen-bond donors (Lipinski definition) is 2. The summed E-state index contributed by atoms with van der Waals surface area (Å²) in [6.07, 6.45) is 0. The smallest absolute Gasteiger partial charge is 0.321 e. The molecule has 3 rings (SSSR count). The van der Waals surface area contributed by atoms with Crippen molar-refractivity contribution in [2.75, 3.05) is 23.3 Å². The third-order valence-electron chi connectivity index (χ3n) is 3.81. The van der Waals surface area contributed by atoms with Gasteiger partial charge in [-0.2, -0.15) is 0 Å². The summed E-state index contributed by atoms with van der Waals surface area (Å²) < 4.78 is 13.3. The average Bonchev–Trinajstić information content (AvgIpc) is 2.95. The first-order valence-electron chi connectivity index (χ1n) is 7.28. The molecule has 0 bridgehead atoms. The topological polar surface area (TPSA) is 44.4 Å². The van der Waals surface area contributed by atoms with Gasteiger partial charge in [0.15, 0.2) is 0 Å². The summed E-state index contributed by atoms with van der Waals surface area (Å²) in [4.78, 5) is 13.4. The molecular formula is C17H18FN3O. The number of halogens is 1. The largest absolute Gasteiger partial charge is 0.381 e. The van der Waals surface area contributed by atoms with Crippen LogP contribution in [-0.4, -0.2) is 19.1 Å². The minimum atomic E-state index is -0.232. The van der Waals surface area contributed by atoms with Crippen LogP contribution in [0.2, 0.25) is 0 Å². The molecular weight excluding hydrogens is 281 g/mol. The van der Waals surface area contributed by atoms with E-state index in [1.54, 1.807) is 17.0 Å². The fourth-order valence-corrected chi connectivity index (χ4v) is 2.53. The van der Waals surface area contributed by atoms with Crippen molar-refractivity contribution in [1.82, 2.24) is 5.32 Å². The zero-order valence-corrected chi connectivity index (χ0v) is 12.4. The second-order valence-corrected chi connectivity index (χ2v) is 5.36. The molecule has 0 unspecified atom stereocenters. The standard InChI is InChI=1S/C17H18FN3O/c1-12-5-6-14(18)9-13(12)11-20-15-3-2-4-16(10-15)21-8-7-19-17(21)22/h2-6,9-10,20H,7-8,11H2,1H3,(H,19,22). The van der Waals surface area contributed by atoms with E-state index in [-0.39, 0.29) is 11.8 Å². The zero-order valence-electron chi connectivity index (χ0n) is 12.4. The first-order valence-corrected chi connectivity index (χ1v) is 7.28. The van der Waals surface area contributed by atoms with E-state index in [1.165, 1.54) is 6.07 Å². The minimum absolute atomic E-state index is 0.0712.